The molecule has 0 saturated carbocycles. The molecule has 2 N–H and O–H groups in total. The third kappa shape index (κ3) is 9.07. The molecule has 0 aliphatic carbocycles. The first-order valence-electron chi connectivity index (χ1n) is 16.1. The second kappa shape index (κ2) is 16.0. The smallest absolute Gasteiger partial charge is 0.258 e. The van der Waals surface area contributed by atoms with Gasteiger partial charge in [-0.25, -0.2) is 0 Å². The molecule has 2 amide bonds. The summed E-state index contributed by atoms with van der Waals surface area (Å²) in [5.41, 5.74) is 2.06. The van der Waals surface area contributed by atoms with Crippen LogP contribution in [0.2, 0.25) is 0 Å². The number of anilines is 1. The lowest BCUT2D eigenvalue weighted by Crippen LogP contribution is -2.49. The molecule has 246 valence electrons. The molecule has 10 heteroatoms. The molecule has 46 heavy (non-hydrogen) atoms. The van der Waals surface area contributed by atoms with E-state index in [1.165, 1.54) is 0 Å². The summed E-state index contributed by atoms with van der Waals surface area (Å²) < 4.78 is 17.9. The summed E-state index contributed by atoms with van der Waals surface area (Å²) in [4.78, 5) is 32.7. The molecule has 0 radical (unpaired) electrons. The number of carbonyl (C=O) groups excluding carboxylic acids is 2. The monoisotopic (exact) mass is 630 g/mol. The van der Waals surface area contributed by atoms with Gasteiger partial charge in [0.25, 0.3) is 5.91 Å². The first-order valence-corrected chi connectivity index (χ1v) is 16.1. The third-order valence-electron chi connectivity index (χ3n) is 8.55. The molecular formula is C36H46N4O6. The Hall–Kier alpha value is -3.96. The predicted molar refractivity (Wildman–Crippen MR) is 177 cm³/mol. The van der Waals surface area contributed by atoms with Gasteiger partial charge >= 0.3 is 0 Å². The van der Waals surface area contributed by atoms with Crippen molar-refractivity contribution in [1.29, 1.82) is 0 Å². The van der Waals surface area contributed by atoms with Crippen molar-refractivity contribution in [3.63, 3.8) is 0 Å². The summed E-state index contributed by atoms with van der Waals surface area (Å²) in [7, 11) is 2.05. The first kappa shape index (κ1) is 33.4. The van der Waals surface area contributed by atoms with Crippen LogP contribution in [0.1, 0.15) is 36.2 Å². The van der Waals surface area contributed by atoms with E-state index in [0.717, 1.165) is 30.2 Å². The van der Waals surface area contributed by atoms with E-state index < -0.39 is 0 Å². The van der Waals surface area contributed by atoms with Gasteiger partial charge in [0.1, 0.15) is 23.4 Å². The number of ether oxygens (including phenoxy) is 3. The zero-order chi connectivity index (χ0) is 32.5. The van der Waals surface area contributed by atoms with Gasteiger partial charge in [0, 0.05) is 57.3 Å². The lowest BCUT2D eigenvalue weighted by Gasteiger charge is -2.38. The van der Waals surface area contributed by atoms with Crippen molar-refractivity contribution in [2.75, 3.05) is 64.9 Å². The van der Waals surface area contributed by atoms with Gasteiger partial charge in [-0.2, -0.15) is 0 Å². The largest absolute Gasteiger partial charge is 0.488 e. The van der Waals surface area contributed by atoms with E-state index in [-0.39, 0.29) is 36.5 Å². The number of hydrogen-bond donors (Lipinski definition) is 2. The molecule has 1 saturated heterocycles. The molecule has 0 aromatic heterocycles. The van der Waals surface area contributed by atoms with Gasteiger partial charge in [0.15, 0.2) is 0 Å². The van der Waals surface area contributed by atoms with Gasteiger partial charge in [0.05, 0.1) is 31.4 Å². The van der Waals surface area contributed by atoms with Gasteiger partial charge < -0.3 is 29.5 Å². The average molecular weight is 631 g/mol. The number of para-hydroxylation sites is 1. The molecular weight excluding hydrogens is 584 g/mol. The number of benzene rings is 3. The minimum absolute atomic E-state index is 0.00485. The number of likely N-dealkylation sites (N-methyl/N-ethyl adjacent to an activating group) is 1. The molecule has 3 aromatic carbocycles. The van der Waals surface area contributed by atoms with Gasteiger partial charge in [-0.1, -0.05) is 37.3 Å². The Bertz CT molecular complexity index is 1430. The van der Waals surface area contributed by atoms with Gasteiger partial charge in [-0.3, -0.25) is 19.4 Å². The van der Waals surface area contributed by atoms with E-state index in [1.54, 1.807) is 23.1 Å². The Morgan fingerprint density at radius 3 is 2.50 bits per heavy atom. The summed E-state index contributed by atoms with van der Waals surface area (Å²) in [6.45, 7) is 9.19. The number of carbonyl (C=O) groups is 2. The summed E-state index contributed by atoms with van der Waals surface area (Å²) in [6, 6.07) is 22.6. The molecule has 0 bridgehead atoms. The number of rotatable bonds is 12. The number of nitrogens with zero attached hydrogens (tertiary/aromatic N) is 3. The fourth-order valence-corrected chi connectivity index (χ4v) is 5.80. The lowest BCUT2D eigenvalue weighted by molar-refractivity contribution is -0.116. The molecule has 1 fully saturated rings. The molecule has 3 atom stereocenters. The van der Waals surface area contributed by atoms with Crippen molar-refractivity contribution >= 4 is 17.5 Å². The molecule has 3 aromatic rings. The summed E-state index contributed by atoms with van der Waals surface area (Å²) in [5, 5.41) is 13.0. The third-order valence-corrected chi connectivity index (χ3v) is 8.55. The van der Waals surface area contributed by atoms with Crippen LogP contribution in [0.5, 0.6) is 17.2 Å². The predicted octanol–water partition coefficient (Wildman–Crippen LogP) is 4.49. The summed E-state index contributed by atoms with van der Waals surface area (Å²) >= 11 is 0. The molecule has 5 rings (SSSR count). The molecule has 10 nitrogen and oxygen atoms in total. The normalized spacial score (nSPS) is 19.5. The first-order chi connectivity index (χ1) is 22.3. The highest BCUT2D eigenvalue weighted by Gasteiger charge is 2.33. The molecule has 2 aliphatic rings. The van der Waals surface area contributed by atoms with Crippen LogP contribution in [0.25, 0.3) is 0 Å². The van der Waals surface area contributed by atoms with Crippen molar-refractivity contribution in [1.82, 2.24) is 14.7 Å². The van der Waals surface area contributed by atoms with Crippen LogP contribution in [0.15, 0.2) is 72.8 Å². The summed E-state index contributed by atoms with van der Waals surface area (Å²) in [5.74, 6) is 1.70. The van der Waals surface area contributed by atoms with Crippen LogP contribution < -0.4 is 14.8 Å². The van der Waals surface area contributed by atoms with Crippen molar-refractivity contribution in [2.45, 2.75) is 39.0 Å². The Labute approximate surface area is 271 Å². The second-order valence-electron chi connectivity index (χ2n) is 12.3. The SMILES string of the molecule is C[C@H]1CN([C@@H](C)CO)C(=O)c2cc(NC(=O)CCN3CCOCC3)ccc2O[C@H]1CN(C)Cc1ccc(Oc2ccccc2)cc1. The number of aliphatic hydroxyl groups is 1. The number of fused-ring (bicyclic) bond motifs is 1. The zero-order valence-corrected chi connectivity index (χ0v) is 27.1. The Balaban J connectivity index is 1.26. The van der Waals surface area contributed by atoms with Gasteiger partial charge in [0.2, 0.25) is 5.91 Å². The van der Waals surface area contributed by atoms with E-state index in [1.807, 2.05) is 49.4 Å². The molecule has 0 unspecified atom stereocenters. The second-order valence-corrected chi connectivity index (χ2v) is 12.3. The maximum atomic E-state index is 13.8. The number of nitrogens with one attached hydrogen (secondary N) is 1. The maximum Gasteiger partial charge on any atom is 0.258 e. The highest BCUT2D eigenvalue weighted by molar-refractivity contribution is 6.00. The van der Waals surface area contributed by atoms with Crippen molar-refractivity contribution in [3.8, 4) is 17.2 Å². The van der Waals surface area contributed by atoms with E-state index in [2.05, 4.69) is 41.2 Å². The minimum Gasteiger partial charge on any atom is -0.488 e. The average Bonchev–Trinajstić information content (AvgIpc) is 3.07. The van der Waals surface area contributed by atoms with Crippen molar-refractivity contribution < 1.29 is 28.9 Å². The standard InChI is InChI=1S/C36H46N4O6/c1-26-22-40(27(2)25-41)36(43)32-21-29(37-35(42)15-16-39-17-19-44-20-18-39)11-14-33(32)46-34(26)24-38(3)23-28-9-12-31(13-10-28)45-30-7-5-4-6-8-30/h4-14,21,26-27,34,41H,15-20,22-25H2,1-3H3,(H,37,42)/t26-,27-,34-/m0/s1. The highest BCUT2D eigenvalue weighted by atomic mass is 16.5. The number of amides is 2. The lowest BCUT2D eigenvalue weighted by atomic mass is 9.99. The highest BCUT2D eigenvalue weighted by Crippen LogP contribution is 2.31. The van der Waals surface area contributed by atoms with E-state index >= 15 is 0 Å². The van der Waals surface area contributed by atoms with Crippen LogP contribution in [-0.2, 0) is 16.1 Å². The van der Waals surface area contributed by atoms with Crippen LogP contribution in [0, 0.1) is 5.92 Å². The van der Waals surface area contributed by atoms with Crippen LogP contribution in [0.4, 0.5) is 5.69 Å². The minimum atomic E-state index is -0.373. The zero-order valence-electron chi connectivity index (χ0n) is 27.1. The van der Waals surface area contributed by atoms with Gasteiger partial charge in [-0.05, 0) is 62.0 Å². The quantitative estimate of drug-likeness (QED) is 0.302. The van der Waals surface area contributed by atoms with Gasteiger partial charge in [-0.15, -0.1) is 0 Å². The number of hydrogen-bond acceptors (Lipinski definition) is 8. The Morgan fingerprint density at radius 2 is 1.78 bits per heavy atom. The fourth-order valence-electron chi connectivity index (χ4n) is 5.80. The molecule has 0 spiro atoms. The summed E-state index contributed by atoms with van der Waals surface area (Å²) in [6.07, 6.45) is 0.129. The fraction of sp³-hybridized carbons (Fsp3) is 0.444. The van der Waals surface area contributed by atoms with Crippen LogP contribution >= 0.6 is 0 Å². The topological polar surface area (TPSA) is 104 Å². The van der Waals surface area contributed by atoms with E-state index in [0.29, 0.717) is 62.8 Å². The van der Waals surface area contributed by atoms with E-state index in [4.69, 9.17) is 14.2 Å². The van der Waals surface area contributed by atoms with Crippen LogP contribution in [-0.4, -0.2) is 103 Å². The maximum absolute atomic E-state index is 13.8. The van der Waals surface area contributed by atoms with Crippen LogP contribution in [0.3, 0.4) is 0 Å². The Morgan fingerprint density at radius 1 is 1.07 bits per heavy atom. The Kier molecular flexibility index (Phi) is 11.7. The number of morpholine rings is 1. The van der Waals surface area contributed by atoms with Crippen molar-refractivity contribution in [3.05, 3.63) is 83.9 Å². The number of aliphatic hydroxyl groups excluding tert-OH is 1. The molecule has 2 aliphatic heterocycles. The van der Waals surface area contributed by atoms with Crippen molar-refractivity contribution in [2.24, 2.45) is 5.92 Å². The van der Waals surface area contributed by atoms with E-state index in [9.17, 15) is 14.7 Å². The molecule has 2 heterocycles.